The van der Waals surface area contributed by atoms with Crippen molar-refractivity contribution in [3.8, 4) is 22.8 Å². The highest BCUT2D eigenvalue weighted by molar-refractivity contribution is 5.77. The number of H-pyrrole nitrogens is 1. The number of benzene rings is 2. The Morgan fingerprint density at radius 2 is 1.94 bits per heavy atom. The summed E-state index contributed by atoms with van der Waals surface area (Å²) in [5.74, 6) is -1.40. The molecular weight excluding hydrogens is 410 g/mol. The van der Waals surface area contributed by atoms with Gasteiger partial charge in [0.25, 0.3) is 5.56 Å². The van der Waals surface area contributed by atoms with Crippen LogP contribution in [0, 0.1) is 11.6 Å². The standard InChI is InChI=1S/C21H16F2N4O4/c1-2-30-18(28)11-31-14-6-3-12(4-7-14)19-25-20-15(21(29)26-19)10-24-27(20)17-8-5-13(22)9-16(17)23/h3-10H,2,11H2,1H3,(H,25,26,29). The molecule has 158 valence electrons. The number of nitrogens with one attached hydrogen (secondary N) is 1. The highest BCUT2D eigenvalue weighted by atomic mass is 19.1. The third-order valence-corrected chi connectivity index (χ3v) is 4.37. The van der Waals surface area contributed by atoms with E-state index in [1.54, 1.807) is 31.2 Å². The van der Waals surface area contributed by atoms with Crippen molar-refractivity contribution in [3.63, 3.8) is 0 Å². The molecule has 0 saturated heterocycles. The van der Waals surface area contributed by atoms with Gasteiger partial charge in [-0.2, -0.15) is 5.10 Å². The molecule has 0 amide bonds. The van der Waals surface area contributed by atoms with E-state index in [2.05, 4.69) is 15.1 Å². The van der Waals surface area contributed by atoms with Gasteiger partial charge in [0, 0.05) is 11.6 Å². The van der Waals surface area contributed by atoms with Crippen molar-refractivity contribution >= 4 is 17.0 Å². The molecule has 4 rings (SSSR count). The lowest BCUT2D eigenvalue weighted by molar-refractivity contribution is -0.145. The first kappa shape index (κ1) is 20.2. The van der Waals surface area contributed by atoms with Crippen LogP contribution in [0.5, 0.6) is 5.75 Å². The summed E-state index contributed by atoms with van der Waals surface area (Å²) in [5, 5.41) is 4.18. The number of esters is 1. The number of carbonyl (C=O) groups is 1. The number of aromatic nitrogens is 4. The van der Waals surface area contributed by atoms with Crippen LogP contribution in [0.15, 0.2) is 53.5 Å². The predicted molar refractivity (Wildman–Crippen MR) is 107 cm³/mol. The lowest BCUT2D eigenvalue weighted by Crippen LogP contribution is -2.14. The maximum absolute atomic E-state index is 14.2. The Kier molecular flexibility index (Phi) is 5.44. The molecule has 1 N–H and O–H groups in total. The number of nitrogens with zero attached hydrogens (tertiary/aromatic N) is 3. The lowest BCUT2D eigenvalue weighted by atomic mass is 10.2. The number of aromatic amines is 1. The van der Waals surface area contributed by atoms with E-state index in [1.165, 1.54) is 12.3 Å². The second-order valence-corrected chi connectivity index (χ2v) is 6.42. The van der Waals surface area contributed by atoms with Crippen LogP contribution in [0.25, 0.3) is 28.1 Å². The molecule has 2 aromatic heterocycles. The molecule has 2 aromatic carbocycles. The summed E-state index contributed by atoms with van der Waals surface area (Å²) >= 11 is 0. The first-order chi connectivity index (χ1) is 15.0. The fourth-order valence-electron chi connectivity index (χ4n) is 2.94. The molecule has 0 unspecified atom stereocenters. The van der Waals surface area contributed by atoms with Crippen LogP contribution in [-0.2, 0) is 9.53 Å². The van der Waals surface area contributed by atoms with E-state index in [4.69, 9.17) is 9.47 Å². The molecule has 0 saturated carbocycles. The average molecular weight is 426 g/mol. The molecule has 0 bridgehead atoms. The minimum atomic E-state index is -0.836. The molecular formula is C21H16F2N4O4. The molecule has 2 heterocycles. The van der Waals surface area contributed by atoms with E-state index in [-0.39, 0.29) is 35.8 Å². The Balaban J connectivity index is 1.67. The summed E-state index contributed by atoms with van der Waals surface area (Å²) in [6.07, 6.45) is 1.26. The van der Waals surface area contributed by atoms with Gasteiger partial charge in [-0.15, -0.1) is 0 Å². The van der Waals surface area contributed by atoms with E-state index in [0.717, 1.165) is 16.8 Å². The smallest absolute Gasteiger partial charge is 0.344 e. The average Bonchev–Trinajstić information content (AvgIpc) is 3.17. The fraction of sp³-hybridized carbons (Fsp3) is 0.143. The van der Waals surface area contributed by atoms with Crippen LogP contribution < -0.4 is 10.3 Å². The number of ether oxygens (including phenoxy) is 2. The second kappa shape index (κ2) is 8.34. The number of carbonyl (C=O) groups excluding carboxylic acids is 1. The van der Waals surface area contributed by atoms with Gasteiger partial charge in [0.2, 0.25) is 0 Å². The van der Waals surface area contributed by atoms with Crippen LogP contribution >= 0.6 is 0 Å². The van der Waals surface area contributed by atoms with Gasteiger partial charge in [0.05, 0.1) is 12.8 Å². The van der Waals surface area contributed by atoms with E-state index < -0.39 is 23.2 Å². The molecule has 31 heavy (non-hydrogen) atoms. The van der Waals surface area contributed by atoms with E-state index in [1.807, 2.05) is 0 Å². The first-order valence-electron chi connectivity index (χ1n) is 9.28. The molecule has 10 heteroatoms. The second-order valence-electron chi connectivity index (χ2n) is 6.42. The van der Waals surface area contributed by atoms with Crippen molar-refractivity contribution in [1.82, 2.24) is 19.7 Å². The fourth-order valence-corrected chi connectivity index (χ4v) is 2.94. The third kappa shape index (κ3) is 4.13. The number of halogens is 2. The third-order valence-electron chi connectivity index (χ3n) is 4.37. The van der Waals surface area contributed by atoms with Crippen LogP contribution in [0.1, 0.15) is 6.92 Å². The molecule has 0 aliphatic rings. The van der Waals surface area contributed by atoms with Gasteiger partial charge in [-0.25, -0.2) is 23.2 Å². The van der Waals surface area contributed by atoms with E-state index >= 15 is 0 Å². The quantitative estimate of drug-likeness (QED) is 0.476. The lowest BCUT2D eigenvalue weighted by Gasteiger charge is -2.08. The van der Waals surface area contributed by atoms with Gasteiger partial charge in [-0.3, -0.25) is 4.79 Å². The number of fused-ring (bicyclic) bond motifs is 1. The summed E-state index contributed by atoms with van der Waals surface area (Å²) in [4.78, 5) is 30.9. The molecule has 4 aromatic rings. The normalized spacial score (nSPS) is 10.9. The zero-order chi connectivity index (χ0) is 22.0. The maximum atomic E-state index is 14.2. The van der Waals surface area contributed by atoms with Crippen LogP contribution in [0.4, 0.5) is 8.78 Å². The first-order valence-corrected chi connectivity index (χ1v) is 9.28. The van der Waals surface area contributed by atoms with Crippen molar-refractivity contribution in [2.24, 2.45) is 0 Å². The van der Waals surface area contributed by atoms with E-state index in [9.17, 15) is 18.4 Å². The minimum Gasteiger partial charge on any atom is -0.482 e. The summed E-state index contributed by atoms with van der Waals surface area (Å²) in [6, 6.07) is 9.54. The highest BCUT2D eigenvalue weighted by Gasteiger charge is 2.15. The van der Waals surface area contributed by atoms with Gasteiger partial charge < -0.3 is 14.5 Å². The summed E-state index contributed by atoms with van der Waals surface area (Å²) < 4.78 is 38.7. The molecule has 8 nitrogen and oxygen atoms in total. The van der Waals surface area contributed by atoms with Crippen molar-refractivity contribution in [3.05, 3.63) is 70.6 Å². The Bertz CT molecular complexity index is 1320. The molecule has 0 atom stereocenters. The largest absolute Gasteiger partial charge is 0.482 e. The molecule has 0 fully saturated rings. The molecule has 0 aliphatic carbocycles. The number of hydrogen-bond donors (Lipinski definition) is 1. The van der Waals surface area contributed by atoms with Crippen molar-refractivity contribution in [2.45, 2.75) is 6.92 Å². The van der Waals surface area contributed by atoms with Gasteiger partial charge in [0.15, 0.2) is 18.1 Å². The molecule has 0 aliphatic heterocycles. The number of hydrogen-bond acceptors (Lipinski definition) is 6. The van der Waals surface area contributed by atoms with Crippen molar-refractivity contribution < 1.29 is 23.0 Å². The zero-order valence-electron chi connectivity index (χ0n) is 16.3. The van der Waals surface area contributed by atoms with E-state index in [0.29, 0.717) is 11.3 Å². The van der Waals surface area contributed by atoms with Crippen molar-refractivity contribution in [1.29, 1.82) is 0 Å². The monoisotopic (exact) mass is 426 g/mol. The Morgan fingerprint density at radius 3 is 2.65 bits per heavy atom. The van der Waals surface area contributed by atoms with Crippen molar-refractivity contribution in [2.75, 3.05) is 13.2 Å². The summed E-state index contributed by atoms with van der Waals surface area (Å²) in [5.41, 5.74) is 0.168. The van der Waals surface area contributed by atoms with Gasteiger partial charge in [-0.1, -0.05) is 0 Å². The predicted octanol–water partition coefficient (Wildman–Crippen LogP) is 3.00. The van der Waals surface area contributed by atoms with Gasteiger partial charge in [-0.05, 0) is 43.3 Å². The highest BCUT2D eigenvalue weighted by Crippen LogP contribution is 2.22. The maximum Gasteiger partial charge on any atom is 0.344 e. The number of rotatable bonds is 6. The summed E-state index contributed by atoms with van der Waals surface area (Å²) in [7, 11) is 0. The van der Waals surface area contributed by atoms with Crippen LogP contribution in [0.2, 0.25) is 0 Å². The minimum absolute atomic E-state index is 0.0387. The topological polar surface area (TPSA) is 99.1 Å². The Hall–Kier alpha value is -4.08. The van der Waals surface area contributed by atoms with Crippen LogP contribution in [0.3, 0.4) is 0 Å². The van der Waals surface area contributed by atoms with Gasteiger partial charge >= 0.3 is 5.97 Å². The Morgan fingerprint density at radius 1 is 1.16 bits per heavy atom. The molecule has 0 spiro atoms. The van der Waals surface area contributed by atoms with Gasteiger partial charge in [0.1, 0.15) is 28.5 Å². The Labute approximate surface area is 174 Å². The molecule has 0 radical (unpaired) electrons. The van der Waals surface area contributed by atoms with Crippen LogP contribution in [-0.4, -0.2) is 38.9 Å². The SMILES string of the molecule is CCOC(=O)COc1ccc(-c2nc3c(cnn3-c3ccc(F)cc3F)c(=O)[nH]2)cc1. The zero-order valence-corrected chi connectivity index (χ0v) is 16.3. The summed E-state index contributed by atoms with van der Waals surface area (Å²) in [6.45, 7) is 1.74.